The molecule has 1 atom stereocenters. The van der Waals surface area contributed by atoms with Crippen molar-refractivity contribution in [1.29, 1.82) is 0 Å². The topological polar surface area (TPSA) is 94.8 Å². The first-order valence-electron chi connectivity index (χ1n) is 7.89. The fraction of sp³-hybridized carbons (Fsp3) is 0.0526. The highest BCUT2D eigenvalue weighted by atomic mass is 35.5. The molecule has 3 N–H and O–H groups in total. The van der Waals surface area contributed by atoms with Gasteiger partial charge in [0.15, 0.2) is 4.75 Å². The van der Waals surface area contributed by atoms with Crippen molar-refractivity contribution in [2.75, 3.05) is 0 Å². The Kier molecular flexibility index (Phi) is 5.98. The Morgan fingerprint density at radius 1 is 0.724 bits per heavy atom. The van der Waals surface area contributed by atoms with Crippen LogP contribution in [0.3, 0.4) is 0 Å². The second kappa shape index (κ2) is 7.87. The van der Waals surface area contributed by atoms with Crippen LogP contribution in [0.25, 0.3) is 0 Å². The van der Waals surface area contributed by atoms with Gasteiger partial charge in [0, 0.05) is 10.6 Å². The third-order valence-electron chi connectivity index (χ3n) is 4.36. The van der Waals surface area contributed by atoms with Gasteiger partial charge in [-0.2, -0.15) is 8.42 Å². The minimum Gasteiger partial charge on any atom is -0.508 e. The Morgan fingerprint density at radius 2 is 1.31 bits per heavy atom. The number of hydrogen-bond acceptors (Lipinski definition) is 4. The molecule has 0 aliphatic carbocycles. The SMILES string of the molecule is O=S(=O)(O)C(c1cccc(O)c1)(c1cc(Cl)c(Cl)c(Cl)c1)c1cc(O)ccc1Cl. The zero-order valence-corrected chi connectivity index (χ0v) is 18.1. The van der Waals surface area contributed by atoms with Gasteiger partial charge in [0.1, 0.15) is 11.5 Å². The predicted octanol–water partition coefficient (Wildman–Crippen LogP) is 5.89. The quantitative estimate of drug-likeness (QED) is 0.239. The molecule has 5 nitrogen and oxygen atoms in total. The maximum atomic E-state index is 13.0. The van der Waals surface area contributed by atoms with Crippen molar-refractivity contribution in [3.63, 3.8) is 0 Å². The van der Waals surface area contributed by atoms with Crippen LogP contribution in [-0.2, 0) is 14.9 Å². The van der Waals surface area contributed by atoms with Crippen LogP contribution in [-0.4, -0.2) is 23.2 Å². The summed E-state index contributed by atoms with van der Waals surface area (Å²) in [4.78, 5) is 0. The van der Waals surface area contributed by atoms with Crippen LogP contribution in [0.15, 0.2) is 54.6 Å². The van der Waals surface area contributed by atoms with Crippen LogP contribution < -0.4 is 0 Å². The molecule has 0 radical (unpaired) electrons. The molecule has 3 rings (SSSR count). The molecular weight excluding hydrogens is 482 g/mol. The summed E-state index contributed by atoms with van der Waals surface area (Å²) in [5.41, 5.74) is -0.346. The summed E-state index contributed by atoms with van der Waals surface area (Å²) in [5.74, 6) is -0.568. The summed E-state index contributed by atoms with van der Waals surface area (Å²) in [7, 11) is -5.06. The van der Waals surface area contributed by atoms with E-state index in [1.165, 1.54) is 42.5 Å². The van der Waals surface area contributed by atoms with E-state index in [2.05, 4.69) is 0 Å². The van der Waals surface area contributed by atoms with E-state index < -0.39 is 14.9 Å². The summed E-state index contributed by atoms with van der Waals surface area (Å²) < 4.78 is 34.0. The molecule has 10 heteroatoms. The van der Waals surface area contributed by atoms with Crippen molar-refractivity contribution < 1.29 is 23.2 Å². The Bertz CT molecular complexity index is 1190. The van der Waals surface area contributed by atoms with Crippen LogP contribution in [0.5, 0.6) is 11.5 Å². The Balaban J connectivity index is 2.61. The maximum absolute atomic E-state index is 13.0. The van der Waals surface area contributed by atoms with Gasteiger partial charge in [-0.15, -0.1) is 0 Å². The van der Waals surface area contributed by atoms with Crippen molar-refractivity contribution in [3.8, 4) is 11.5 Å². The van der Waals surface area contributed by atoms with Gasteiger partial charge in [0.05, 0.1) is 15.1 Å². The Hall–Kier alpha value is -1.67. The van der Waals surface area contributed by atoms with E-state index in [9.17, 15) is 23.2 Å². The van der Waals surface area contributed by atoms with Gasteiger partial charge in [0.25, 0.3) is 10.1 Å². The maximum Gasteiger partial charge on any atom is 0.283 e. The van der Waals surface area contributed by atoms with Crippen LogP contribution in [0.2, 0.25) is 20.1 Å². The highest BCUT2D eigenvalue weighted by Gasteiger charge is 2.50. The minimum atomic E-state index is -5.06. The molecule has 29 heavy (non-hydrogen) atoms. The standard InChI is InChI=1S/C19H12Cl4O5S/c20-15-5-4-13(25)9-14(15)19(29(26,27)28,10-2-1-3-12(24)6-10)11-7-16(21)18(23)17(22)8-11/h1-9,24-25H,(H,26,27,28). The highest BCUT2D eigenvalue weighted by molar-refractivity contribution is 7.87. The molecule has 0 fully saturated rings. The molecule has 0 bridgehead atoms. The number of phenols is 2. The van der Waals surface area contributed by atoms with Crippen LogP contribution in [0.1, 0.15) is 16.7 Å². The normalized spacial score (nSPS) is 13.8. The van der Waals surface area contributed by atoms with Crippen molar-refractivity contribution in [2.45, 2.75) is 4.75 Å². The zero-order valence-electron chi connectivity index (χ0n) is 14.3. The lowest BCUT2D eigenvalue weighted by Gasteiger charge is -2.33. The summed E-state index contributed by atoms with van der Waals surface area (Å²) in [6, 6.07) is 11.3. The second-order valence-corrected chi connectivity index (χ2v) is 9.29. The van der Waals surface area contributed by atoms with Gasteiger partial charge in [-0.05, 0) is 53.6 Å². The average Bonchev–Trinajstić information content (AvgIpc) is 2.62. The molecule has 0 amide bonds. The monoisotopic (exact) mass is 492 g/mol. The predicted molar refractivity (Wildman–Crippen MR) is 114 cm³/mol. The molecular formula is C19H12Cl4O5S. The first kappa shape index (κ1) is 22.0. The molecule has 0 saturated carbocycles. The summed E-state index contributed by atoms with van der Waals surface area (Å²) in [5, 5.41) is 19.8. The van der Waals surface area contributed by atoms with Gasteiger partial charge in [0.2, 0.25) is 0 Å². The first-order valence-corrected chi connectivity index (χ1v) is 10.8. The van der Waals surface area contributed by atoms with Gasteiger partial charge in [-0.25, -0.2) is 0 Å². The van der Waals surface area contributed by atoms with Crippen molar-refractivity contribution in [3.05, 3.63) is 91.4 Å². The molecule has 0 aliphatic heterocycles. The zero-order chi connectivity index (χ0) is 21.6. The smallest absolute Gasteiger partial charge is 0.283 e. The second-order valence-electron chi connectivity index (χ2n) is 6.12. The fourth-order valence-electron chi connectivity index (χ4n) is 3.18. The fourth-order valence-corrected chi connectivity index (χ4v) is 5.38. The molecule has 3 aromatic rings. The van der Waals surface area contributed by atoms with Gasteiger partial charge >= 0.3 is 0 Å². The molecule has 0 aliphatic rings. The first-order chi connectivity index (χ1) is 13.5. The van der Waals surface area contributed by atoms with Gasteiger partial charge in [-0.1, -0.05) is 58.5 Å². The number of benzene rings is 3. The van der Waals surface area contributed by atoms with Gasteiger partial charge in [-0.3, -0.25) is 4.55 Å². The number of phenolic OH excluding ortho intramolecular Hbond substituents is 2. The summed E-state index contributed by atoms with van der Waals surface area (Å²) in [6.45, 7) is 0. The highest BCUT2D eigenvalue weighted by Crippen LogP contribution is 2.49. The molecule has 0 saturated heterocycles. The molecule has 3 aromatic carbocycles. The summed E-state index contributed by atoms with van der Waals surface area (Å²) in [6.07, 6.45) is 0. The Morgan fingerprint density at radius 3 is 1.86 bits per heavy atom. The van der Waals surface area contributed by atoms with Crippen molar-refractivity contribution in [2.24, 2.45) is 0 Å². The van der Waals surface area contributed by atoms with Crippen LogP contribution in [0, 0.1) is 0 Å². The lowest BCUT2D eigenvalue weighted by Crippen LogP contribution is -2.38. The number of halogens is 4. The molecule has 152 valence electrons. The van der Waals surface area contributed by atoms with Gasteiger partial charge < -0.3 is 10.2 Å². The van der Waals surface area contributed by atoms with E-state index in [0.717, 1.165) is 12.1 Å². The van der Waals surface area contributed by atoms with E-state index in [-0.39, 0.29) is 48.3 Å². The average molecular weight is 494 g/mol. The van der Waals surface area contributed by atoms with Crippen LogP contribution >= 0.6 is 46.4 Å². The largest absolute Gasteiger partial charge is 0.508 e. The van der Waals surface area contributed by atoms with E-state index in [4.69, 9.17) is 46.4 Å². The minimum absolute atomic E-state index is 0.0146. The van der Waals surface area contributed by atoms with Crippen molar-refractivity contribution >= 4 is 56.5 Å². The van der Waals surface area contributed by atoms with E-state index in [1.807, 2.05) is 0 Å². The Labute approximate surface area is 186 Å². The van der Waals surface area contributed by atoms with Crippen molar-refractivity contribution in [1.82, 2.24) is 0 Å². The third kappa shape index (κ3) is 3.77. The molecule has 0 aromatic heterocycles. The number of hydrogen-bond donors (Lipinski definition) is 3. The molecule has 0 heterocycles. The number of aromatic hydroxyl groups is 2. The van der Waals surface area contributed by atoms with Crippen LogP contribution in [0.4, 0.5) is 0 Å². The van der Waals surface area contributed by atoms with E-state index in [1.54, 1.807) is 0 Å². The van der Waals surface area contributed by atoms with E-state index in [0.29, 0.717) is 0 Å². The summed E-state index contributed by atoms with van der Waals surface area (Å²) >= 11 is 24.6. The lowest BCUT2D eigenvalue weighted by molar-refractivity contribution is 0.455. The molecule has 0 spiro atoms. The molecule has 1 unspecified atom stereocenters. The lowest BCUT2D eigenvalue weighted by atomic mass is 9.83. The number of rotatable bonds is 4. The van der Waals surface area contributed by atoms with E-state index >= 15 is 0 Å². The third-order valence-corrected chi connectivity index (χ3v) is 7.35.